The van der Waals surface area contributed by atoms with Crippen LogP contribution in [0.1, 0.15) is 18.1 Å². The molecule has 170 valence electrons. The molecule has 1 saturated heterocycles. The summed E-state index contributed by atoms with van der Waals surface area (Å²) in [5.41, 5.74) is -0.330. The Balaban J connectivity index is 1.59. The van der Waals surface area contributed by atoms with E-state index in [1.807, 2.05) is 12.1 Å². The van der Waals surface area contributed by atoms with Gasteiger partial charge < -0.3 is 15.4 Å². The summed E-state index contributed by atoms with van der Waals surface area (Å²) in [6, 6.07) is 10.9. The summed E-state index contributed by atoms with van der Waals surface area (Å²) in [5, 5.41) is 5.73. The first-order valence-electron chi connectivity index (χ1n) is 9.49. The van der Waals surface area contributed by atoms with Crippen LogP contribution in [-0.2, 0) is 21.5 Å². The van der Waals surface area contributed by atoms with Gasteiger partial charge in [0.15, 0.2) is 0 Å². The van der Waals surface area contributed by atoms with E-state index >= 15 is 0 Å². The zero-order valence-corrected chi connectivity index (χ0v) is 17.6. The monoisotopic (exact) mass is 469 g/mol. The van der Waals surface area contributed by atoms with Gasteiger partial charge in [-0.05, 0) is 48.7 Å². The summed E-state index contributed by atoms with van der Waals surface area (Å²) in [6.07, 6.45) is -4.31. The molecule has 0 aliphatic carbocycles. The van der Waals surface area contributed by atoms with E-state index in [9.17, 15) is 27.6 Å². The number of carbonyl (C=O) groups excluding carboxylic acids is 3. The van der Waals surface area contributed by atoms with Crippen molar-refractivity contribution in [3.05, 3.63) is 64.7 Å². The van der Waals surface area contributed by atoms with Crippen LogP contribution in [-0.4, -0.2) is 42.2 Å². The molecule has 32 heavy (non-hydrogen) atoms. The number of urea groups is 1. The Kier molecular flexibility index (Phi) is 6.63. The molecule has 0 spiro atoms. The van der Waals surface area contributed by atoms with Crippen LogP contribution >= 0.6 is 11.6 Å². The fourth-order valence-electron chi connectivity index (χ4n) is 3.22. The van der Waals surface area contributed by atoms with Crippen LogP contribution in [0.2, 0.25) is 5.02 Å². The van der Waals surface area contributed by atoms with E-state index < -0.39 is 42.0 Å². The molecule has 4 amide bonds. The molecule has 2 N–H and O–H groups in total. The van der Waals surface area contributed by atoms with Gasteiger partial charge in [-0.15, -0.1) is 13.2 Å². The standard InChI is InChI=1S/C21H19ClF3N3O4/c1-20(14-4-8-16(9-5-14)32-21(23,24)25)18(30)28(19(31)27-20)12-17(29)26-11-10-13-2-6-15(22)7-3-13/h2-9H,10-12H2,1H3,(H,26,29)(H,27,31). The minimum Gasteiger partial charge on any atom is -0.406 e. The summed E-state index contributed by atoms with van der Waals surface area (Å²) in [5.74, 6) is -1.68. The Hall–Kier alpha value is -3.27. The van der Waals surface area contributed by atoms with Crippen molar-refractivity contribution < 1.29 is 32.3 Å². The molecule has 0 radical (unpaired) electrons. The number of imide groups is 1. The number of benzene rings is 2. The summed E-state index contributed by atoms with van der Waals surface area (Å²) in [6.45, 7) is 1.21. The van der Waals surface area contributed by atoms with Gasteiger partial charge in [0, 0.05) is 11.6 Å². The molecule has 7 nitrogen and oxygen atoms in total. The summed E-state index contributed by atoms with van der Waals surface area (Å²) < 4.78 is 40.8. The first-order chi connectivity index (χ1) is 15.0. The van der Waals surface area contributed by atoms with E-state index in [-0.39, 0.29) is 5.56 Å². The predicted octanol–water partition coefficient (Wildman–Crippen LogP) is 3.36. The van der Waals surface area contributed by atoms with Gasteiger partial charge in [0.2, 0.25) is 5.91 Å². The number of hydrogen-bond acceptors (Lipinski definition) is 4. The average Bonchev–Trinajstić information content (AvgIpc) is 2.93. The van der Waals surface area contributed by atoms with Crippen molar-refractivity contribution in [2.75, 3.05) is 13.1 Å². The third kappa shape index (κ3) is 5.50. The lowest BCUT2D eigenvalue weighted by atomic mass is 9.92. The molecule has 1 aliphatic rings. The minimum absolute atomic E-state index is 0.246. The summed E-state index contributed by atoms with van der Waals surface area (Å²) in [4.78, 5) is 38.2. The van der Waals surface area contributed by atoms with Crippen molar-refractivity contribution in [1.82, 2.24) is 15.5 Å². The highest BCUT2D eigenvalue weighted by Gasteiger charge is 2.49. The number of hydrogen-bond donors (Lipinski definition) is 2. The van der Waals surface area contributed by atoms with E-state index in [0.29, 0.717) is 18.0 Å². The van der Waals surface area contributed by atoms with Crippen molar-refractivity contribution in [2.45, 2.75) is 25.2 Å². The maximum absolute atomic E-state index is 12.9. The highest BCUT2D eigenvalue weighted by molar-refractivity contribution is 6.30. The molecule has 2 aromatic carbocycles. The lowest BCUT2D eigenvalue weighted by molar-refractivity contribution is -0.274. The molecule has 11 heteroatoms. The molecular weight excluding hydrogens is 451 g/mol. The molecule has 2 aromatic rings. The van der Waals surface area contributed by atoms with Crippen LogP contribution in [0.4, 0.5) is 18.0 Å². The quantitative estimate of drug-likeness (QED) is 0.609. The zero-order chi connectivity index (χ0) is 23.5. The second-order valence-corrected chi connectivity index (χ2v) is 7.68. The Morgan fingerprint density at radius 3 is 2.34 bits per heavy atom. The first-order valence-corrected chi connectivity index (χ1v) is 9.87. The number of alkyl halides is 3. The molecule has 1 atom stereocenters. The van der Waals surface area contributed by atoms with Crippen LogP contribution < -0.4 is 15.4 Å². The predicted molar refractivity (Wildman–Crippen MR) is 109 cm³/mol. The van der Waals surface area contributed by atoms with Crippen LogP contribution in [0.5, 0.6) is 5.75 Å². The van der Waals surface area contributed by atoms with Crippen LogP contribution in [0.3, 0.4) is 0 Å². The third-order valence-corrected chi connectivity index (χ3v) is 5.14. The Morgan fingerprint density at radius 1 is 1.12 bits per heavy atom. The van der Waals surface area contributed by atoms with Gasteiger partial charge in [-0.3, -0.25) is 14.5 Å². The van der Waals surface area contributed by atoms with E-state index in [4.69, 9.17) is 11.6 Å². The van der Waals surface area contributed by atoms with Crippen molar-refractivity contribution in [2.24, 2.45) is 0 Å². The Bertz CT molecular complexity index is 1010. The van der Waals surface area contributed by atoms with Gasteiger partial charge in [-0.2, -0.15) is 0 Å². The van der Waals surface area contributed by atoms with Gasteiger partial charge in [-0.25, -0.2) is 4.79 Å². The average molecular weight is 470 g/mol. The molecule has 1 fully saturated rings. The number of halogens is 4. The first kappa shape index (κ1) is 23.4. The normalized spacial score (nSPS) is 18.5. The highest BCUT2D eigenvalue weighted by atomic mass is 35.5. The second-order valence-electron chi connectivity index (χ2n) is 7.25. The zero-order valence-electron chi connectivity index (χ0n) is 16.8. The fraction of sp³-hybridized carbons (Fsp3) is 0.286. The number of amides is 4. The molecule has 3 rings (SSSR count). The van der Waals surface area contributed by atoms with Crippen molar-refractivity contribution in [3.63, 3.8) is 0 Å². The molecule has 0 aromatic heterocycles. The van der Waals surface area contributed by atoms with Crippen LogP contribution in [0.15, 0.2) is 48.5 Å². The maximum atomic E-state index is 12.9. The smallest absolute Gasteiger partial charge is 0.406 e. The number of ether oxygens (including phenoxy) is 1. The van der Waals surface area contributed by atoms with Crippen molar-refractivity contribution >= 4 is 29.4 Å². The van der Waals surface area contributed by atoms with Gasteiger partial charge in [-0.1, -0.05) is 35.9 Å². The topological polar surface area (TPSA) is 87.7 Å². The summed E-state index contributed by atoms with van der Waals surface area (Å²) >= 11 is 5.82. The molecule has 1 unspecified atom stereocenters. The maximum Gasteiger partial charge on any atom is 0.573 e. The van der Waals surface area contributed by atoms with Gasteiger partial charge in [0.1, 0.15) is 17.8 Å². The number of rotatable bonds is 7. The Morgan fingerprint density at radius 2 is 1.75 bits per heavy atom. The molecular formula is C21H19ClF3N3O4. The lowest BCUT2D eigenvalue weighted by Gasteiger charge is -2.22. The van der Waals surface area contributed by atoms with Crippen molar-refractivity contribution in [3.8, 4) is 5.75 Å². The largest absolute Gasteiger partial charge is 0.573 e. The van der Waals surface area contributed by atoms with E-state index in [0.717, 1.165) is 22.6 Å². The SMILES string of the molecule is CC1(c2ccc(OC(F)(F)F)cc2)NC(=O)N(CC(=O)NCCc2ccc(Cl)cc2)C1=O. The van der Waals surface area contributed by atoms with E-state index in [1.165, 1.54) is 19.1 Å². The van der Waals surface area contributed by atoms with E-state index in [1.54, 1.807) is 12.1 Å². The second kappa shape index (κ2) is 9.07. The Labute approximate surface area is 186 Å². The van der Waals surface area contributed by atoms with Crippen LogP contribution in [0, 0.1) is 0 Å². The lowest BCUT2D eigenvalue weighted by Crippen LogP contribution is -2.43. The molecule has 0 bridgehead atoms. The van der Waals surface area contributed by atoms with Crippen LogP contribution in [0.25, 0.3) is 0 Å². The number of nitrogens with zero attached hydrogens (tertiary/aromatic N) is 1. The van der Waals surface area contributed by atoms with Gasteiger partial charge >= 0.3 is 12.4 Å². The third-order valence-electron chi connectivity index (χ3n) is 4.89. The summed E-state index contributed by atoms with van der Waals surface area (Å²) in [7, 11) is 0. The fourth-order valence-corrected chi connectivity index (χ4v) is 3.35. The van der Waals surface area contributed by atoms with Crippen molar-refractivity contribution in [1.29, 1.82) is 0 Å². The minimum atomic E-state index is -4.85. The van der Waals surface area contributed by atoms with E-state index in [2.05, 4.69) is 15.4 Å². The number of carbonyl (C=O) groups is 3. The molecule has 1 aliphatic heterocycles. The molecule has 0 saturated carbocycles. The molecule has 1 heterocycles. The van der Waals surface area contributed by atoms with Gasteiger partial charge in [0.05, 0.1) is 0 Å². The van der Waals surface area contributed by atoms with Gasteiger partial charge in [0.25, 0.3) is 5.91 Å². The highest BCUT2D eigenvalue weighted by Crippen LogP contribution is 2.31. The number of nitrogens with one attached hydrogen (secondary N) is 2.